The quantitative estimate of drug-likeness (QED) is 0.310. The van der Waals surface area contributed by atoms with E-state index in [-0.39, 0.29) is 11.3 Å². The molecular weight excluding hydrogens is 432 g/mol. The summed E-state index contributed by atoms with van der Waals surface area (Å²) in [5, 5.41) is 2.98. The second-order valence-corrected chi connectivity index (χ2v) is 11.4. The molecule has 1 amide bonds. The molecule has 5 heteroatoms. The zero-order chi connectivity index (χ0) is 22.9. The minimum absolute atomic E-state index is 0.103. The van der Waals surface area contributed by atoms with Crippen molar-refractivity contribution in [3.8, 4) is 0 Å². The predicted molar refractivity (Wildman–Crippen MR) is 138 cm³/mol. The first-order chi connectivity index (χ1) is 15.2. The number of amides is 1. The number of nitrogens with one attached hydrogen (secondary N) is 1. The van der Waals surface area contributed by atoms with Gasteiger partial charge in [-0.2, -0.15) is 0 Å². The fourth-order valence-corrected chi connectivity index (χ4v) is 5.93. The summed E-state index contributed by atoms with van der Waals surface area (Å²) in [5.41, 5.74) is 8.01. The lowest BCUT2D eigenvalue weighted by Gasteiger charge is -2.22. The fraction of sp³-hybridized carbons (Fsp3) is 0.259. The van der Waals surface area contributed by atoms with E-state index >= 15 is 0 Å². The molecule has 3 aromatic carbocycles. The minimum Gasteiger partial charge on any atom is -0.322 e. The van der Waals surface area contributed by atoms with Gasteiger partial charge in [0, 0.05) is 17.0 Å². The Hall–Kier alpha value is -2.63. The first-order valence-corrected chi connectivity index (χ1v) is 12.5. The Labute approximate surface area is 198 Å². The van der Waals surface area contributed by atoms with Gasteiger partial charge in [-0.3, -0.25) is 4.79 Å². The summed E-state index contributed by atoms with van der Waals surface area (Å²) in [6.07, 6.45) is 0. The maximum Gasteiger partial charge on any atom is 0.255 e. The van der Waals surface area contributed by atoms with Crippen molar-refractivity contribution in [3.05, 3.63) is 88.5 Å². The van der Waals surface area contributed by atoms with Crippen molar-refractivity contribution in [3.63, 3.8) is 0 Å². The van der Waals surface area contributed by atoms with Crippen molar-refractivity contribution in [1.82, 2.24) is 4.98 Å². The SMILES string of the molecule is Cc1cc(C(C)(C)C)cc(C)c1CSc1nc2ccc(NC(=O)c3ccccc3)cc2s1. The van der Waals surface area contributed by atoms with Crippen LogP contribution < -0.4 is 5.32 Å². The molecule has 1 aromatic heterocycles. The van der Waals surface area contributed by atoms with E-state index in [4.69, 9.17) is 4.98 Å². The summed E-state index contributed by atoms with van der Waals surface area (Å²) in [4.78, 5) is 17.2. The van der Waals surface area contributed by atoms with Gasteiger partial charge in [0.1, 0.15) is 0 Å². The fourth-order valence-electron chi connectivity index (χ4n) is 3.62. The van der Waals surface area contributed by atoms with Crippen molar-refractivity contribution in [2.45, 2.75) is 50.1 Å². The van der Waals surface area contributed by atoms with Crippen molar-refractivity contribution in [2.24, 2.45) is 0 Å². The molecule has 32 heavy (non-hydrogen) atoms. The number of carbonyl (C=O) groups excluding carboxylic acids is 1. The van der Waals surface area contributed by atoms with Crippen LogP contribution in [-0.2, 0) is 11.2 Å². The van der Waals surface area contributed by atoms with Crippen molar-refractivity contribution < 1.29 is 4.79 Å². The molecule has 0 aliphatic rings. The number of carbonyl (C=O) groups is 1. The largest absolute Gasteiger partial charge is 0.322 e. The highest BCUT2D eigenvalue weighted by atomic mass is 32.2. The van der Waals surface area contributed by atoms with Crippen LogP contribution in [-0.4, -0.2) is 10.9 Å². The van der Waals surface area contributed by atoms with Gasteiger partial charge < -0.3 is 5.32 Å². The molecule has 164 valence electrons. The summed E-state index contributed by atoms with van der Waals surface area (Å²) >= 11 is 3.45. The normalized spacial score (nSPS) is 11.7. The molecule has 0 bridgehead atoms. The van der Waals surface area contributed by atoms with E-state index in [1.807, 2.05) is 48.5 Å². The third-order valence-electron chi connectivity index (χ3n) is 5.56. The minimum atomic E-state index is -0.103. The topological polar surface area (TPSA) is 42.0 Å². The molecule has 1 N–H and O–H groups in total. The molecule has 0 saturated heterocycles. The summed E-state index contributed by atoms with van der Waals surface area (Å²) < 4.78 is 2.13. The van der Waals surface area contributed by atoms with Gasteiger partial charge in [-0.1, -0.05) is 62.9 Å². The molecule has 4 aromatic rings. The second kappa shape index (κ2) is 9.08. The van der Waals surface area contributed by atoms with Crippen molar-refractivity contribution in [2.75, 3.05) is 5.32 Å². The molecule has 0 spiro atoms. The number of thiazole rings is 1. The van der Waals surface area contributed by atoms with Crippen LogP contribution in [0.1, 0.15) is 53.4 Å². The van der Waals surface area contributed by atoms with E-state index in [9.17, 15) is 4.79 Å². The molecule has 0 atom stereocenters. The Morgan fingerprint density at radius 2 is 1.69 bits per heavy atom. The zero-order valence-corrected chi connectivity index (χ0v) is 20.8. The molecule has 0 saturated carbocycles. The maximum atomic E-state index is 12.4. The van der Waals surface area contributed by atoms with Crippen LogP contribution in [0.2, 0.25) is 0 Å². The van der Waals surface area contributed by atoms with Crippen LogP contribution in [0.3, 0.4) is 0 Å². The molecule has 1 heterocycles. The van der Waals surface area contributed by atoms with Gasteiger partial charge in [-0.25, -0.2) is 4.98 Å². The number of aromatic nitrogens is 1. The van der Waals surface area contributed by atoms with E-state index in [1.165, 1.54) is 22.3 Å². The third-order valence-corrected chi connectivity index (χ3v) is 7.75. The number of nitrogens with zero attached hydrogens (tertiary/aromatic N) is 1. The summed E-state index contributed by atoms with van der Waals surface area (Å²) in [7, 11) is 0. The smallest absolute Gasteiger partial charge is 0.255 e. The predicted octanol–water partition coefficient (Wildman–Crippen LogP) is 7.76. The van der Waals surface area contributed by atoms with Gasteiger partial charge in [-0.15, -0.1) is 11.3 Å². The molecule has 4 rings (SSSR count). The van der Waals surface area contributed by atoms with Gasteiger partial charge in [0.05, 0.1) is 10.2 Å². The average molecular weight is 461 g/mol. The molecular formula is C27H28N2OS2. The van der Waals surface area contributed by atoms with E-state index in [1.54, 1.807) is 23.1 Å². The van der Waals surface area contributed by atoms with Crippen LogP contribution in [0.15, 0.2) is 65.0 Å². The van der Waals surface area contributed by atoms with Crippen LogP contribution in [0.5, 0.6) is 0 Å². The third kappa shape index (κ3) is 5.05. The van der Waals surface area contributed by atoms with Crippen LogP contribution in [0.4, 0.5) is 5.69 Å². The standard InChI is InChI=1S/C27H28N2OS2/c1-17-13-20(27(3,4)5)14-18(2)22(17)16-31-26-29-23-12-11-21(15-24(23)32-26)28-25(30)19-9-7-6-8-10-19/h6-15H,16H2,1-5H3,(H,28,30). The summed E-state index contributed by atoms with van der Waals surface area (Å²) in [5.74, 6) is 0.799. The summed E-state index contributed by atoms with van der Waals surface area (Å²) in [6.45, 7) is 11.2. The van der Waals surface area contributed by atoms with Crippen LogP contribution in [0, 0.1) is 13.8 Å². The highest BCUT2D eigenvalue weighted by Crippen LogP contribution is 2.35. The van der Waals surface area contributed by atoms with Crippen LogP contribution >= 0.6 is 23.1 Å². The number of benzene rings is 3. The monoisotopic (exact) mass is 460 g/mol. The second-order valence-electron chi connectivity index (χ2n) is 9.11. The number of hydrogen-bond acceptors (Lipinski definition) is 4. The van der Waals surface area contributed by atoms with Gasteiger partial charge in [0.25, 0.3) is 5.91 Å². The average Bonchev–Trinajstić information content (AvgIpc) is 3.15. The van der Waals surface area contributed by atoms with Crippen LogP contribution in [0.25, 0.3) is 10.2 Å². The molecule has 0 aliphatic carbocycles. The van der Waals surface area contributed by atoms with Crippen molar-refractivity contribution >= 4 is 44.9 Å². The van der Waals surface area contributed by atoms with Gasteiger partial charge in [0.2, 0.25) is 0 Å². The summed E-state index contributed by atoms with van der Waals surface area (Å²) in [6, 6.07) is 19.8. The number of aryl methyl sites for hydroxylation is 2. The highest BCUT2D eigenvalue weighted by molar-refractivity contribution is 8.00. The number of thioether (sulfide) groups is 1. The molecule has 0 aliphatic heterocycles. The maximum absolute atomic E-state index is 12.4. The lowest BCUT2D eigenvalue weighted by Crippen LogP contribution is -2.12. The highest BCUT2D eigenvalue weighted by Gasteiger charge is 2.17. The van der Waals surface area contributed by atoms with E-state index in [2.05, 4.69) is 52.1 Å². The number of hydrogen-bond donors (Lipinski definition) is 1. The molecule has 3 nitrogen and oxygen atoms in total. The molecule has 0 unspecified atom stereocenters. The first-order valence-electron chi connectivity index (χ1n) is 10.7. The number of anilines is 1. The van der Waals surface area contributed by atoms with E-state index in [0.717, 1.165) is 26.0 Å². The first kappa shape index (κ1) is 22.6. The Bertz CT molecular complexity index is 1250. The molecule has 0 radical (unpaired) electrons. The zero-order valence-electron chi connectivity index (χ0n) is 19.2. The lowest BCUT2D eigenvalue weighted by molar-refractivity contribution is 0.102. The van der Waals surface area contributed by atoms with Crippen molar-refractivity contribution in [1.29, 1.82) is 0 Å². The Morgan fingerprint density at radius 3 is 2.34 bits per heavy atom. The lowest BCUT2D eigenvalue weighted by atomic mass is 9.84. The number of rotatable bonds is 5. The number of fused-ring (bicyclic) bond motifs is 1. The van der Waals surface area contributed by atoms with Gasteiger partial charge in [-0.05, 0) is 71.8 Å². The van der Waals surface area contributed by atoms with E-state index in [0.29, 0.717) is 5.56 Å². The molecule has 0 fully saturated rings. The van der Waals surface area contributed by atoms with Gasteiger partial charge >= 0.3 is 0 Å². The Morgan fingerprint density at radius 1 is 1.00 bits per heavy atom. The van der Waals surface area contributed by atoms with Gasteiger partial charge in [0.15, 0.2) is 4.34 Å². The van der Waals surface area contributed by atoms with E-state index < -0.39 is 0 Å². The Balaban J connectivity index is 1.49. The Kier molecular flexibility index (Phi) is 6.40.